The van der Waals surface area contributed by atoms with Gasteiger partial charge in [0, 0.05) is 16.7 Å². The predicted octanol–water partition coefficient (Wildman–Crippen LogP) is 4.68. The lowest BCUT2D eigenvalue weighted by Crippen LogP contribution is -2.22. The normalized spacial score (nSPS) is 14.1. The van der Waals surface area contributed by atoms with Crippen LogP contribution >= 0.6 is 39.3 Å². The van der Waals surface area contributed by atoms with Crippen molar-refractivity contribution in [1.29, 1.82) is 0 Å². The molecule has 0 saturated heterocycles. The van der Waals surface area contributed by atoms with Gasteiger partial charge in [0.1, 0.15) is 0 Å². The molecule has 0 amide bonds. The highest BCUT2D eigenvalue weighted by molar-refractivity contribution is 9.10. The fraction of sp³-hybridized carbons (Fsp3) is 0.214. The smallest absolute Gasteiger partial charge is 0.0967 e. The Kier molecular flexibility index (Phi) is 5.28. The van der Waals surface area contributed by atoms with Crippen molar-refractivity contribution in [3.05, 3.63) is 57.7 Å². The van der Waals surface area contributed by atoms with Crippen LogP contribution in [0.25, 0.3) is 0 Å². The van der Waals surface area contributed by atoms with E-state index in [2.05, 4.69) is 33.0 Å². The quantitative estimate of drug-likeness (QED) is 0.808. The second-order valence-corrected chi connectivity index (χ2v) is 6.78. The molecule has 2 unspecified atom stereocenters. The number of nitrogens with zero attached hydrogens (tertiary/aromatic N) is 1. The molecule has 19 heavy (non-hydrogen) atoms. The average molecular weight is 358 g/mol. The van der Waals surface area contributed by atoms with Crippen molar-refractivity contribution in [3.8, 4) is 0 Å². The Balaban J connectivity index is 2.23. The molecule has 0 aliphatic carbocycles. The number of nitrogens with two attached hydrogens (primary N) is 1. The second kappa shape index (κ2) is 6.75. The Morgan fingerprint density at radius 1 is 1.32 bits per heavy atom. The third-order valence-corrected chi connectivity index (χ3v) is 4.76. The zero-order valence-corrected chi connectivity index (χ0v) is 13.5. The van der Waals surface area contributed by atoms with E-state index in [1.54, 1.807) is 18.0 Å². The van der Waals surface area contributed by atoms with E-state index in [4.69, 9.17) is 17.3 Å². The first-order valence-electron chi connectivity index (χ1n) is 5.85. The third-order valence-electron chi connectivity index (χ3n) is 2.60. The molecular weight excluding hydrogens is 344 g/mol. The maximum absolute atomic E-state index is 6.11. The molecule has 0 saturated carbocycles. The summed E-state index contributed by atoms with van der Waals surface area (Å²) in [5.41, 5.74) is 7.29. The molecule has 1 heterocycles. The van der Waals surface area contributed by atoms with Gasteiger partial charge >= 0.3 is 0 Å². The number of aromatic nitrogens is 1. The molecule has 0 aliphatic rings. The molecule has 0 radical (unpaired) electrons. The van der Waals surface area contributed by atoms with Crippen LogP contribution in [0.4, 0.5) is 0 Å². The predicted molar refractivity (Wildman–Crippen MR) is 85.6 cm³/mol. The summed E-state index contributed by atoms with van der Waals surface area (Å²) in [6.07, 6.45) is 1.66. The van der Waals surface area contributed by atoms with Gasteiger partial charge in [-0.3, -0.25) is 0 Å². The summed E-state index contributed by atoms with van der Waals surface area (Å²) >= 11 is 11.0. The zero-order valence-electron chi connectivity index (χ0n) is 10.4. The Bertz CT molecular complexity index is 545. The van der Waals surface area contributed by atoms with Gasteiger partial charge in [-0.05, 0) is 36.8 Å². The van der Waals surface area contributed by atoms with Crippen LogP contribution < -0.4 is 5.73 Å². The van der Waals surface area contributed by atoms with Crippen molar-refractivity contribution in [1.82, 2.24) is 4.98 Å². The van der Waals surface area contributed by atoms with Crippen LogP contribution in [-0.4, -0.2) is 11.0 Å². The first kappa shape index (κ1) is 14.9. The maximum atomic E-state index is 6.11. The van der Waals surface area contributed by atoms with Crippen LogP contribution in [0.3, 0.4) is 0 Å². The van der Waals surface area contributed by atoms with Crippen molar-refractivity contribution in [2.24, 2.45) is 5.73 Å². The Hall–Kier alpha value is -0.550. The van der Waals surface area contributed by atoms with E-state index in [0.29, 0.717) is 5.02 Å². The number of thioether (sulfide) groups is 1. The summed E-state index contributed by atoms with van der Waals surface area (Å²) in [6, 6.07) is 12.0. The number of hydrogen-bond donors (Lipinski definition) is 1. The van der Waals surface area contributed by atoms with Gasteiger partial charge in [-0.15, -0.1) is 0 Å². The van der Waals surface area contributed by atoms with Crippen molar-refractivity contribution < 1.29 is 0 Å². The fourth-order valence-electron chi connectivity index (χ4n) is 1.72. The standard InChI is InChI=1S/C14H14BrClN2S/c1-9(17)14(10-3-2-4-11(15)7-10)19-13-6-5-12(16)8-18-13/h2-9,14H,17H2,1H3. The van der Waals surface area contributed by atoms with Gasteiger partial charge in [0.05, 0.1) is 15.3 Å². The molecule has 0 fully saturated rings. The summed E-state index contributed by atoms with van der Waals surface area (Å²) < 4.78 is 1.06. The molecule has 0 spiro atoms. The second-order valence-electron chi connectivity index (χ2n) is 4.27. The highest BCUT2D eigenvalue weighted by atomic mass is 79.9. The summed E-state index contributed by atoms with van der Waals surface area (Å²) in [5.74, 6) is 0. The molecule has 100 valence electrons. The number of pyridine rings is 1. The van der Waals surface area contributed by atoms with Gasteiger partial charge in [-0.1, -0.05) is 51.4 Å². The van der Waals surface area contributed by atoms with Crippen LogP contribution in [0.5, 0.6) is 0 Å². The van der Waals surface area contributed by atoms with Crippen LogP contribution in [0.15, 0.2) is 52.1 Å². The first-order chi connectivity index (χ1) is 9.06. The highest BCUT2D eigenvalue weighted by Crippen LogP contribution is 2.37. The number of halogens is 2. The monoisotopic (exact) mass is 356 g/mol. The molecule has 1 aromatic heterocycles. The molecular formula is C14H14BrClN2S. The Labute approximate surface area is 130 Å². The van der Waals surface area contributed by atoms with Crippen LogP contribution in [-0.2, 0) is 0 Å². The minimum atomic E-state index is 0.0248. The number of hydrogen-bond acceptors (Lipinski definition) is 3. The topological polar surface area (TPSA) is 38.9 Å². The van der Waals surface area contributed by atoms with Gasteiger partial charge < -0.3 is 5.73 Å². The van der Waals surface area contributed by atoms with Crippen molar-refractivity contribution >= 4 is 39.3 Å². The zero-order chi connectivity index (χ0) is 13.8. The van der Waals surface area contributed by atoms with Crippen LogP contribution in [0.2, 0.25) is 5.02 Å². The van der Waals surface area contributed by atoms with Gasteiger partial charge in [0.25, 0.3) is 0 Å². The van der Waals surface area contributed by atoms with E-state index in [0.717, 1.165) is 9.50 Å². The Morgan fingerprint density at radius 2 is 2.11 bits per heavy atom. The highest BCUT2D eigenvalue weighted by Gasteiger charge is 2.18. The van der Waals surface area contributed by atoms with Crippen LogP contribution in [0.1, 0.15) is 17.7 Å². The average Bonchev–Trinajstić information content (AvgIpc) is 2.37. The molecule has 1 aromatic carbocycles. The molecule has 2 nitrogen and oxygen atoms in total. The molecule has 2 N–H and O–H groups in total. The van der Waals surface area contributed by atoms with E-state index in [9.17, 15) is 0 Å². The summed E-state index contributed by atoms with van der Waals surface area (Å²) in [7, 11) is 0. The summed E-state index contributed by atoms with van der Waals surface area (Å²) in [6.45, 7) is 2.01. The molecule has 5 heteroatoms. The Morgan fingerprint density at radius 3 is 2.68 bits per heavy atom. The van der Waals surface area contributed by atoms with Crippen molar-refractivity contribution in [3.63, 3.8) is 0 Å². The molecule has 0 bridgehead atoms. The van der Waals surface area contributed by atoms with Crippen molar-refractivity contribution in [2.75, 3.05) is 0 Å². The van der Waals surface area contributed by atoms with Crippen molar-refractivity contribution in [2.45, 2.75) is 23.2 Å². The van der Waals surface area contributed by atoms with E-state index in [-0.39, 0.29) is 11.3 Å². The van der Waals surface area contributed by atoms with Gasteiger partial charge in [0.15, 0.2) is 0 Å². The van der Waals surface area contributed by atoms with E-state index in [1.165, 1.54) is 5.56 Å². The minimum Gasteiger partial charge on any atom is -0.327 e. The molecule has 0 aliphatic heterocycles. The van der Waals surface area contributed by atoms with E-state index in [1.807, 2.05) is 31.2 Å². The molecule has 2 rings (SSSR count). The SMILES string of the molecule is CC(N)C(Sc1ccc(Cl)cn1)c1cccc(Br)c1. The lowest BCUT2D eigenvalue weighted by molar-refractivity contribution is 0.720. The maximum Gasteiger partial charge on any atom is 0.0967 e. The van der Waals surface area contributed by atoms with Gasteiger partial charge in [-0.25, -0.2) is 4.98 Å². The summed E-state index contributed by atoms with van der Waals surface area (Å²) in [4.78, 5) is 4.31. The molecule has 2 atom stereocenters. The fourth-order valence-corrected chi connectivity index (χ4v) is 3.27. The van der Waals surface area contributed by atoms with Gasteiger partial charge in [-0.2, -0.15) is 0 Å². The molecule has 2 aromatic rings. The lowest BCUT2D eigenvalue weighted by Gasteiger charge is -2.20. The lowest BCUT2D eigenvalue weighted by atomic mass is 10.1. The number of benzene rings is 1. The minimum absolute atomic E-state index is 0.0248. The van der Waals surface area contributed by atoms with Crippen LogP contribution in [0, 0.1) is 0 Å². The first-order valence-corrected chi connectivity index (χ1v) is 7.90. The van der Waals surface area contributed by atoms with E-state index < -0.39 is 0 Å². The van der Waals surface area contributed by atoms with Gasteiger partial charge in [0.2, 0.25) is 0 Å². The largest absolute Gasteiger partial charge is 0.327 e. The summed E-state index contributed by atoms with van der Waals surface area (Å²) in [5, 5.41) is 1.72. The third kappa shape index (κ3) is 4.21. The number of rotatable bonds is 4. The van der Waals surface area contributed by atoms with E-state index >= 15 is 0 Å².